The van der Waals surface area contributed by atoms with Crippen molar-refractivity contribution in [2.45, 2.75) is 31.1 Å². The van der Waals surface area contributed by atoms with Crippen LogP contribution in [0.1, 0.15) is 18.7 Å². The van der Waals surface area contributed by atoms with Crippen LogP contribution in [0.15, 0.2) is 59.8 Å². The third kappa shape index (κ3) is 5.83. The highest BCUT2D eigenvalue weighted by atomic mass is 32.2. The molecule has 0 fully saturated rings. The lowest BCUT2D eigenvalue weighted by Crippen LogP contribution is -2.12. The number of para-hydroxylation sites is 1. The van der Waals surface area contributed by atoms with Gasteiger partial charge in [-0.2, -0.15) is 5.26 Å². The Morgan fingerprint density at radius 3 is 2.66 bits per heavy atom. The first-order chi connectivity index (χ1) is 14.3. The molecule has 1 heterocycles. The maximum absolute atomic E-state index is 8.70. The number of hydrogen-bond acceptors (Lipinski definition) is 6. The van der Waals surface area contributed by atoms with E-state index < -0.39 is 0 Å². The van der Waals surface area contributed by atoms with E-state index in [0.717, 1.165) is 40.0 Å². The van der Waals surface area contributed by atoms with Crippen molar-refractivity contribution < 1.29 is 9.47 Å². The molecule has 0 aliphatic heterocycles. The number of rotatable bonds is 11. The maximum Gasteiger partial charge on any atom is 0.191 e. The molecule has 1 aromatic heterocycles. The van der Waals surface area contributed by atoms with E-state index in [-0.39, 0.29) is 0 Å². The zero-order valence-electron chi connectivity index (χ0n) is 16.5. The molecule has 29 heavy (non-hydrogen) atoms. The lowest BCUT2D eigenvalue weighted by atomic mass is 10.1. The van der Waals surface area contributed by atoms with Gasteiger partial charge >= 0.3 is 0 Å². The van der Waals surface area contributed by atoms with Crippen molar-refractivity contribution in [2.75, 3.05) is 19.5 Å². The molecule has 0 atom stereocenters. The van der Waals surface area contributed by atoms with Crippen molar-refractivity contribution in [1.82, 2.24) is 14.8 Å². The monoisotopic (exact) mass is 408 g/mol. The average molecular weight is 409 g/mol. The van der Waals surface area contributed by atoms with E-state index in [1.807, 2.05) is 41.0 Å². The molecule has 150 valence electrons. The number of thioether (sulfide) groups is 1. The molecule has 0 aliphatic rings. The van der Waals surface area contributed by atoms with Gasteiger partial charge in [0, 0.05) is 31.4 Å². The number of nitrogens with zero attached hydrogens (tertiary/aromatic N) is 4. The third-order valence-electron chi connectivity index (χ3n) is 4.31. The zero-order valence-corrected chi connectivity index (χ0v) is 17.3. The summed E-state index contributed by atoms with van der Waals surface area (Å²) in [5, 5.41) is 18.2. The van der Waals surface area contributed by atoms with E-state index in [1.165, 1.54) is 0 Å². The molecule has 0 aliphatic carbocycles. The Kier molecular flexibility index (Phi) is 8.11. The second-order valence-electron chi connectivity index (χ2n) is 6.30. The van der Waals surface area contributed by atoms with E-state index in [1.54, 1.807) is 18.9 Å². The predicted octanol–water partition coefficient (Wildman–Crippen LogP) is 4.57. The molecule has 0 bridgehead atoms. The van der Waals surface area contributed by atoms with Crippen molar-refractivity contribution in [2.24, 2.45) is 0 Å². The van der Waals surface area contributed by atoms with E-state index in [4.69, 9.17) is 14.7 Å². The van der Waals surface area contributed by atoms with Crippen LogP contribution in [-0.4, -0.2) is 34.2 Å². The van der Waals surface area contributed by atoms with Gasteiger partial charge in [0.25, 0.3) is 0 Å². The van der Waals surface area contributed by atoms with Gasteiger partial charge in [-0.05, 0) is 18.1 Å². The van der Waals surface area contributed by atoms with E-state index in [9.17, 15) is 0 Å². The topological polar surface area (TPSA) is 73.0 Å². The van der Waals surface area contributed by atoms with Crippen LogP contribution in [0, 0.1) is 11.3 Å². The lowest BCUT2D eigenvalue weighted by Gasteiger charge is -2.13. The van der Waals surface area contributed by atoms with Gasteiger partial charge in [-0.3, -0.25) is 0 Å². The van der Waals surface area contributed by atoms with Crippen molar-refractivity contribution in [1.29, 1.82) is 5.26 Å². The Balaban J connectivity index is 1.74. The third-order valence-corrected chi connectivity index (χ3v) is 5.36. The molecular weight excluding hydrogens is 384 g/mol. The molecule has 0 spiro atoms. The summed E-state index contributed by atoms with van der Waals surface area (Å²) in [6.07, 6.45) is 1.38. The Morgan fingerprint density at radius 1 is 1.07 bits per heavy atom. The Labute approximate surface area is 175 Å². The predicted molar refractivity (Wildman–Crippen MR) is 114 cm³/mol. The molecule has 3 rings (SSSR count). The Bertz CT molecular complexity index is 937. The summed E-state index contributed by atoms with van der Waals surface area (Å²) in [6, 6.07) is 20.3. The number of nitriles is 1. The molecule has 0 N–H and O–H groups in total. The minimum Gasteiger partial charge on any atom is -0.485 e. The fourth-order valence-electron chi connectivity index (χ4n) is 2.85. The van der Waals surface area contributed by atoms with Crippen molar-refractivity contribution in [3.63, 3.8) is 0 Å². The lowest BCUT2D eigenvalue weighted by molar-refractivity contribution is 0.181. The number of unbranched alkanes of at least 4 members (excludes halogenated alkanes) is 1. The van der Waals surface area contributed by atoms with Gasteiger partial charge in [0.05, 0.1) is 12.7 Å². The standard InChI is InChI=1S/C22H24N4O2S/c1-27-15-14-26-21(24-25-22(26)29-16-8-7-13-23)17-28-20-12-6-5-11-19(20)18-9-3-2-4-10-18/h2-6,9-12H,7-8,14-17H2,1H3. The van der Waals surface area contributed by atoms with Crippen LogP contribution in [-0.2, 0) is 17.9 Å². The fraction of sp³-hybridized carbons (Fsp3) is 0.318. The average Bonchev–Trinajstić information content (AvgIpc) is 3.16. The number of methoxy groups -OCH3 is 1. The SMILES string of the molecule is COCCn1c(COc2ccccc2-c2ccccc2)nnc1SCCCC#N. The summed E-state index contributed by atoms with van der Waals surface area (Å²) < 4.78 is 13.4. The normalized spacial score (nSPS) is 10.6. The van der Waals surface area contributed by atoms with Crippen LogP contribution in [0.25, 0.3) is 11.1 Å². The number of aromatic nitrogens is 3. The number of benzene rings is 2. The highest BCUT2D eigenvalue weighted by Crippen LogP contribution is 2.30. The molecule has 2 aromatic carbocycles. The molecule has 3 aromatic rings. The van der Waals surface area contributed by atoms with Gasteiger partial charge in [-0.1, -0.05) is 60.3 Å². The summed E-state index contributed by atoms with van der Waals surface area (Å²) >= 11 is 1.61. The largest absolute Gasteiger partial charge is 0.485 e. The molecule has 0 saturated heterocycles. The molecule has 0 radical (unpaired) electrons. The van der Waals surface area contributed by atoms with E-state index in [2.05, 4.69) is 34.5 Å². The Hall–Kier alpha value is -2.82. The van der Waals surface area contributed by atoms with Crippen LogP contribution >= 0.6 is 11.8 Å². The summed E-state index contributed by atoms with van der Waals surface area (Å²) in [4.78, 5) is 0. The summed E-state index contributed by atoms with van der Waals surface area (Å²) in [6.45, 7) is 1.54. The Morgan fingerprint density at radius 2 is 1.86 bits per heavy atom. The maximum atomic E-state index is 8.70. The van der Waals surface area contributed by atoms with Gasteiger partial charge in [-0.15, -0.1) is 10.2 Å². The van der Waals surface area contributed by atoms with Crippen LogP contribution in [0.4, 0.5) is 0 Å². The van der Waals surface area contributed by atoms with Crippen LogP contribution in [0.2, 0.25) is 0 Å². The smallest absolute Gasteiger partial charge is 0.191 e. The van der Waals surface area contributed by atoms with E-state index >= 15 is 0 Å². The van der Waals surface area contributed by atoms with Gasteiger partial charge in [0.15, 0.2) is 11.0 Å². The van der Waals surface area contributed by atoms with Crippen LogP contribution in [0.5, 0.6) is 5.75 Å². The van der Waals surface area contributed by atoms with Gasteiger partial charge < -0.3 is 14.0 Å². The van der Waals surface area contributed by atoms with Gasteiger partial charge in [0.2, 0.25) is 0 Å². The second-order valence-corrected chi connectivity index (χ2v) is 7.37. The summed E-state index contributed by atoms with van der Waals surface area (Å²) in [5.74, 6) is 2.40. The van der Waals surface area contributed by atoms with E-state index in [0.29, 0.717) is 26.2 Å². The van der Waals surface area contributed by atoms with Gasteiger partial charge in [0.1, 0.15) is 12.4 Å². The number of ether oxygens (including phenoxy) is 2. The minimum absolute atomic E-state index is 0.319. The minimum atomic E-state index is 0.319. The van der Waals surface area contributed by atoms with Gasteiger partial charge in [-0.25, -0.2) is 0 Å². The first-order valence-corrected chi connectivity index (χ1v) is 10.5. The van der Waals surface area contributed by atoms with Crippen molar-refractivity contribution >= 4 is 11.8 Å². The molecule has 6 nitrogen and oxygen atoms in total. The zero-order chi connectivity index (χ0) is 20.3. The van der Waals surface area contributed by atoms with Crippen molar-refractivity contribution in [3.8, 4) is 22.9 Å². The van der Waals surface area contributed by atoms with Crippen molar-refractivity contribution in [3.05, 3.63) is 60.4 Å². The molecule has 0 unspecified atom stereocenters. The molecule has 7 heteroatoms. The first kappa shape index (κ1) is 20.9. The molecule has 0 saturated carbocycles. The quantitative estimate of drug-likeness (QED) is 0.342. The second kappa shape index (κ2) is 11.2. The summed E-state index contributed by atoms with van der Waals surface area (Å²) in [7, 11) is 1.68. The summed E-state index contributed by atoms with van der Waals surface area (Å²) in [5.41, 5.74) is 2.15. The highest BCUT2D eigenvalue weighted by Gasteiger charge is 2.14. The van der Waals surface area contributed by atoms with Crippen LogP contribution in [0.3, 0.4) is 0 Å². The molecule has 0 amide bonds. The number of hydrogen-bond donors (Lipinski definition) is 0. The fourth-order valence-corrected chi connectivity index (χ4v) is 3.77. The highest BCUT2D eigenvalue weighted by molar-refractivity contribution is 7.99. The first-order valence-electron chi connectivity index (χ1n) is 9.51. The van der Waals surface area contributed by atoms with Crippen LogP contribution < -0.4 is 4.74 Å². The molecular formula is C22H24N4O2S.